The number of para-hydroxylation sites is 1. The molecule has 1 N–H and O–H groups in total. The molecule has 1 aromatic carbocycles. The highest BCUT2D eigenvalue weighted by atomic mass is 16.5. The van der Waals surface area contributed by atoms with Crippen LogP contribution in [0.1, 0.15) is 36.3 Å². The van der Waals surface area contributed by atoms with Crippen LogP contribution in [0.25, 0.3) is 0 Å². The van der Waals surface area contributed by atoms with Gasteiger partial charge in [0.05, 0.1) is 6.61 Å². The molecule has 1 aromatic heterocycles. The van der Waals surface area contributed by atoms with Crippen LogP contribution >= 0.6 is 0 Å². The Kier molecular flexibility index (Phi) is 4.20. The highest BCUT2D eigenvalue weighted by Gasteiger charge is 2.43. The van der Waals surface area contributed by atoms with Crippen LogP contribution in [0, 0.1) is 11.8 Å². The number of hydrogen-bond donors (Lipinski definition) is 1. The van der Waals surface area contributed by atoms with Crippen molar-refractivity contribution >= 4 is 5.91 Å². The van der Waals surface area contributed by atoms with E-state index in [2.05, 4.69) is 10.3 Å². The van der Waals surface area contributed by atoms with Gasteiger partial charge in [-0.15, -0.1) is 0 Å². The van der Waals surface area contributed by atoms with Gasteiger partial charge in [0.25, 0.3) is 0 Å². The quantitative estimate of drug-likeness (QED) is 0.851. The number of amides is 1. The molecule has 0 radical (unpaired) electrons. The second kappa shape index (κ2) is 6.63. The summed E-state index contributed by atoms with van der Waals surface area (Å²) in [5.74, 6) is 2.14. The van der Waals surface area contributed by atoms with Gasteiger partial charge in [0, 0.05) is 30.4 Å². The Morgan fingerprint density at radius 1 is 1.21 bits per heavy atom. The Bertz CT molecular complexity index is 713. The molecule has 0 unspecified atom stereocenters. The molecule has 2 aromatic rings. The molecule has 2 saturated carbocycles. The number of pyridine rings is 1. The van der Waals surface area contributed by atoms with Crippen LogP contribution in [0.4, 0.5) is 0 Å². The molecule has 0 saturated heterocycles. The number of carbonyl (C=O) groups is 1. The second-order valence-corrected chi connectivity index (χ2v) is 6.81. The number of carbonyl (C=O) groups excluding carboxylic acids is 1. The zero-order chi connectivity index (χ0) is 16.4. The molecule has 0 spiro atoms. The van der Waals surface area contributed by atoms with Crippen LogP contribution in [0.3, 0.4) is 0 Å². The van der Waals surface area contributed by atoms with Crippen LogP contribution in [0.5, 0.6) is 5.75 Å². The van der Waals surface area contributed by atoms with E-state index in [4.69, 9.17) is 4.74 Å². The third-order valence-electron chi connectivity index (χ3n) is 4.84. The Morgan fingerprint density at radius 2 is 2.08 bits per heavy atom. The second-order valence-electron chi connectivity index (χ2n) is 6.81. The van der Waals surface area contributed by atoms with Gasteiger partial charge in [-0.05, 0) is 48.8 Å². The van der Waals surface area contributed by atoms with E-state index in [1.165, 1.54) is 12.8 Å². The van der Waals surface area contributed by atoms with Crippen molar-refractivity contribution in [3.05, 3.63) is 59.9 Å². The minimum Gasteiger partial charge on any atom is -0.493 e. The van der Waals surface area contributed by atoms with E-state index in [-0.39, 0.29) is 11.8 Å². The molecule has 2 aliphatic carbocycles. The lowest BCUT2D eigenvalue weighted by Crippen LogP contribution is -2.25. The summed E-state index contributed by atoms with van der Waals surface area (Å²) >= 11 is 0. The monoisotopic (exact) mass is 322 g/mol. The van der Waals surface area contributed by atoms with E-state index in [1.807, 2.05) is 42.6 Å². The fourth-order valence-corrected chi connectivity index (χ4v) is 3.04. The van der Waals surface area contributed by atoms with Crippen molar-refractivity contribution in [3.63, 3.8) is 0 Å². The maximum atomic E-state index is 12.4. The van der Waals surface area contributed by atoms with Crippen molar-refractivity contribution in [1.29, 1.82) is 0 Å². The highest BCUT2D eigenvalue weighted by molar-refractivity contribution is 5.82. The molecule has 1 amide bonds. The number of nitrogens with zero attached hydrogens (tertiary/aromatic N) is 1. The SMILES string of the molecule is O=C(NCc1ccccc1OCC1CC1)[C@@H]1C[C@H]1c1cccnc1. The van der Waals surface area contributed by atoms with E-state index in [0.29, 0.717) is 12.5 Å². The van der Waals surface area contributed by atoms with Gasteiger partial charge in [-0.1, -0.05) is 24.3 Å². The maximum Gasteiger partial charge on any atom is 0.224 e. The maximum absolute atomic E-state index is 12.4. The average Bonchev–Trinajstić information content (AvgIpc) is 3.53. The molecule has 0 aliphatic heterocycles. The summed E-state index contributed by atoms with van der Waals surface area (Å²) in [6.07, 6.45) is 7.09. The van der Waals surface area contributed by atoms with E-state index >= 15 is 0 Å². The molecule has 4 heteroatoms. The number of rotatable bonds is 7. The number of aromatic nitrogens is 1. The number of ether oxygens (including phenoxy) is 1. The number of benzene rings is 1. The average molecular weight is 322 g/mol. The van der Waals surface area contributed by atoms with E-state index in [0.717, 1.165) is 35.8 Å². The van der Waals surface area contributed by atoms with Crippen LogP contribution in [-0.4, -0.2) is 17.5 Å². The first-order chi connectivity index (χ1) is 11.8. The lowest BCUT2D eigenvalue weighted by Gasteiger charge is -2.12. The molecular weight excluding hydrogens is 300 g/mol. The van der Waals surface area contributed by atoms with Crippen molar-refractivity contribution in [2.75, 3.05) is 6.61 Å². The Labute approximate surface area is 142 Å². The van der Waals surface area contributed by atoms with Gasteiger partial charge in [-0.3, -0.25) is 9.78 Å². The molecule has 2 fully saturated rings. The van der Waals surface area contributed by atoms with E-state index in [9.17, 15) is 4.79 Å². The lowest BCUT2D eigenvalue weighted by molar-refractivity contribution is -0.122. The van der Waals surface area contributed by atoms with E-state index in [1.54, 1.807) is 6.20 Å². The first-order valence-electron chi connectivity index (χ1n) is 8.69. The summed E-state index contributed by atoms with van der Waals surface area (Å²) in [5.41, 5.74) is 2.20. The van der Waals surface area contributed by atoms with Gasteiger partial charge in [0.2, 0.25) is 5.91 Å². The third kappa shape index (κ3) is 3.58. The summed E-state index contributed by atoms with van der Waals surface area (Å²) in [6.45, 7) is 1.31. The van der Waals surface area contributed by atoms with Gasteiger partial charge >= 0.3 is 0 Å². The first kappa shape index (κ1) is 15.2. The van der Waals surface area contributed by atoms with Crippen LogP contribution in [0.15, 0.2) is 48.8 Å². The summed E-state index contributed by atoms with van der Waals surface area (Å²) in [7, 11) is 0. The van der Waals surface area contributed by atoms with Crippen molar-refractivity contribution in [3.8, 4) is 5.75 Å². The largest absolute Gasteiger partial charge is 0.493 e. The molecule has 2 aliphatic rings. The lowest BCUT2D eigenvalue weighted by atomic mass is 10.1. The predicted molar refractivity (Wildman–Crippen MR) is 91.6 cm³/mol. The number of nitrogens with one attached hydrogen (secondary N) is 1. The Hall–Kier alpha value is -2.36. The molecule has 4 rings (SSSR count). The van der Waals surface area contributed by atoms with Gasteiger partial charge in [0.15, 0.2) is 0 Å². The number of hydrogen-bond acceptors (Lipinski definition) is 3. The van der Waals surface area contributed by atoms with Gasteiger partial charge in [0.1, 0.15) is 5.75 Å². The molecular formula is C20H22N2O2. The van der Waals surface area contributed by atoms with Crippen molar-refractivity contribution in [2.45, 2.75) is 31.7 Å². The Balaban J connectivity index is 1.31. The standard InChI is InChI=1S/C20H22N2O2/c23-20(18-10-17(18)15-5-3-9-21-11-15)22-12-16-4-1-2-6-19(16)24-13-14-7-8-14/h1-6,9,11,14,17-18H,7-8,10,12-13H2,(H,22,23)/t17-,18+/m0/s1. The van der Waals surface area contributed by atoms with Crippen molar-refractivity contribution in [1.82, 2.24) is 10.3 Å². The zero-order valence-electron chi connectivity index (χ0n) is 13.7. The summed E-state index contributed by atoms with van der Waals surface area (Å²) in [4.78, 5) is 16.5. The molecule has 1 heterocycles. The summed E-state index contributed by atoms with van der Waals surface area (Å²) in [6, 6.07) is 11.9. The summed E-state index contributed by atoms with van der Waals surface area (Å²) < 4.78 is 5.90. The van der Waals surface area contributed by atoms with Gasteiger partial charge < -0.3 is 10.1 Å². The zero-order valence-corrected chi connectivity index (χ0v) is 13.7. The Morgan fingerprint density at radius 3 is 2.88 bits per heavy atom. The van der Waals surface area contributed by atoms with Gasteiger partial charge in [-0.2, -0.15) is 0 Å². The van der Waals surface area contributed by atoms with Crippen LogP contribution in [-0.2, 0) is 11.3 Å². The van der Waals surface area contributed by atoms with Crippen LogP contribution in [0.2, 0.25) is 0 Å². The molecule has 4 nitrogen and oxygen atoms in total. The fourth-order valence-electron chi connectivity index (χ4n) is 3.04. The minimum atomic E-state index is 0.0775. The fraction of sp³-hybridized carbons (Fsp3) is 0.400. The minimum absolute atomic E-state index is 0.0775. The molecule has 2 atom stereocenters. The van der Waals surface area contributed by atoms with Crippen molar-refractivity contribution < 1.29 is 9.53 Å². The van der Waals surface area contributed by atoms with Crippen molar-refractivity contribution in [2.24, 2.45) is 11.8 Å². The molecule has 124 valence electrons. The van der Waals surface area contributed by atoms with Gasteiger partial charge in [-0.25, -0.2) is 0 Å². The molecule has 0 bridgehead atoms. The highest BCUT2D eigenvalue weighted by Crippen LogP contribution is 2.47. The molecule has 24 heavy (non-hydrogen) atoms. The third-order valence-corrected chi connectivity index (χ3v) is 4.84. The first-order valence-corrected chi connectivity index (χ1v) is 8.69. The van der Waals surface area contributed by atoms with Crippen LogP contribution < -0.4 is 10.1 Å². The normalized spacial score (nSPS) is 22.0. The van der Waals surface area contributed by atoms with E-state index < -0.39 is 0 Å². The predicted octanol–water partition coefficient (Wildman–Crippen LogP) is 3.29. The summed E-state index contributed by atoms with van der Waals surface area (Å²) in [5, 5.41) is 3.06. The smallest absolute Gasteiger partial charge is 0.224 e. The topological polar surface area (TPSA) is 51.2 Å².